The monoisotopic (exact) mass is 465 g/mol. The Balaban J connectivity index is 2.21. The van der Waals surface area contributed by atoms with Gasteiger partial charge in [0.05, 0.1) is 22.7 Å². The van der Waals surface area contributed by atoms with E-state index in [2.05, 4.69) is 10.0 Å². The zero-order chi connectivity index (χ0) is 21.8. The zero-order valence-electron chi connectivity index (χ0n) is 16.9. The molecule has 0 radical (unpaired) electrons. The number of piperidine rings is 1. The van der Waals surface area contributed by atoms with Crippen molar-refractivity contribution in [3.63, 3.8) is 0 Å². The third-order valence-corrected chi connectivity index (χ3v) is 7.18. The quantitative estimate of drug-likeness (QED) is 0.482. The summed E-state index contributed by atoms with van der Waals surface area (Å²) in [7, 11) is 0. The largest absolute Gasteiger partial charge is 0.598 e. The summed E-state index contributed by atoms with van der Waals surface area (Å²) in [6.07, 6.45) is 1.32. The van der Waals surface area contributed by atoms with Gasteiger partial charge in [0.15, 0.2) is 0 Å². The van der Waals surface area contributed by atoms with E-state index in [1.165, 1.54) is 6.07 Å². The van der Waals surface area contributed by atoms with Crippen LogP contribution in [0.25, 0.3) is 0 Å². The number of hydrogen-bond acceptors (Lipinski definition) is 5. The molecule has 1 aromatic carbocycles. The molecule has 164 valence electrons. The summed E-state index contributed by atoms with van der Waals surface area (Å²) >= 11 is 10.8. The maximum Gasteiger partial charge on any atom is 0.317 e. The van der Waals surface area contributed by atoms with E-state index in [1.54, 1.807) is 11.0 Å². The molecule has 4 N–H and O–H groups in total. The number of phenols is 1. The first-order chi connectivity index (χ1) is 13.5. The van der Waals surface area contributed by atoms with Crippen LogP contribution in [0.15, 0.2) is 12.1 Å². The highest BCUT2D eigenvalue weighted by Gasteiger charge is 2.37. The number of carbonyl (C=O) groups excluding carboxylic acids is 1. The second-order valence-electron chi connectivity index (χ2n) is 8.08. The second kappa shape index (κ2) is 10.4. The number of phenolic OH excluding ortho intramolecular Hbond substituents is 1. The highest BCUT2D eigenvalue weighted by Crippen LogP contribution is 2.40. The van der Waals surface area contributed by atoms with Crippen molar-refractivity contribution >= 4 is 40.6 Å². The first-order valence-corrected chi connectivity index (χ1v) is 11.4. The molecule has 1 aromatic rings. The Kier molecular flexibility index (Phi) is 8.75. The van der Waals surface area contributed by atoms with Crippen molar-refractivity contribution in [1.82, 2.24) is 14.9 Å². The van der Waals surface area contributed by atoms with Gasteiger partial charge in [-0.25, -0.2) is 4.79 Å². The van der Waals surface area contributed by atoms with Crippen molar-refractivity contribution in [3.05, 3.63) is 27.7 Å². The number of urea groups is 1. The normalized spacial score (nSPS) is 17.8. The number of likely N-dealkylation sites (tertiary alicyclic amines) is 1. The number of nitrogens with zero attached hydrogens (tertiary/aromatic N) is 1. The molecule has 7 nitrogen and oxygen atoms in total. The van der Waals surface area contributed by atoms with E-state index in [9.17, 15) is 14.5 Å². The van der Waals surface area contributed by atoms with Gasteiger partial charge in [0.2, 0.25) is 0 Å². The lowest BCUT2D eigenvalue weighted by atomic mass is 9.85. The number of aliphatic hydroxyl groups is 1. The Morgan fingerprint density at radius 3 is 2.45 bits per heavy atom. The first kappa shape index (κ1) is 24.4. The van der Waals surface area contributed by atoms with Crippen LogP contribution in [0.4, 0.5) is 4.79 Å². The van der Waals surface area contributed by atoms with Crippen LogP contribution in [0.3, 0.4) is 0 Å². The fourth-order valence-electron chi connectivity index (χ4n) is 3.22. The minimum atomic E-state index is -1.37. The number of halogens is 2. The maximum atomic E-state index is 12.8. The summed E-state index contributed by atoms with van der Waals surface area (Å²) in [5.74, 6) is 0.0252. The number of aromatic hydroxyl groups is 1. The van der Waals surface area contributed by atoms with Gasteiger partial charge in [0, 0.05) is 42.6 Å². The van der Waals surface area contributed by atoms with Crippen LogP contribution in [0.1, 0.15) is 45.2 Å². The van der Waals surface area contributed by atoms with Crippen LogP contribution in [0.2, 0.25) is 10.0 Å². The van der Waals surface area contributed by atoms with Crippen molar-refractivity contribution in [2.24, 2.45) is 5.92 Å². The molecule has 1 aliphatic heterocycles. The van der Waals surface area contributed by atoms with Crippen LogP contribution in [0.5, 0.6) is 5.75 Å². The summed E-state index contributed by atoms with van der Waals surface area (Å²) in [6.45, 7) is 6.75. The number of benzene rings is 1. The molecule has 0 bridgehead atoms. The first-order valence-electron chi connectivity index (χ1n) is 9.54. The van der Waals surface area contributed by atoms with E-state index >= 15 is 0 Å². The predicted octanol–water partition coefficient (Wildman–Crippen LogP) is 3.21. The van der Waals surface area contributed by atoms with Gasteiger partial charge in [-0.15, -0.1) is 4.72 Å². The van der Waals surface area contributed by atoms with Crippen molar-refractivity contribution in [2.75, 3.05) is 26.2 Å². The molecule has 2 rings (SSSR count). The number of aliphatic hydroxyl groups excluding tert-OH is 1. The smallest absolute Gasteiger partial charge is 0.317 e. The van der Waals surface area contributed by atoms with E-state index in [0.29, 0.717) is 36.5 Å². The molecule has 2 amide bonds. The minimum Gasteiger partial charge on any atom is -0.598 e. The SMILES string of the molecule is CC(C)(C)[S@+]([O-])NC(c1cc(Cl)c(Cl)cc1O)C1CCN(C(=O)NCCO)CC1. The Morgan fingerprint density at radius 1 is 1.31 bits per heavy atom. The molecular formula is C19H29Cl2N3O4S. The fourth-order valence-corrected chi connectivity index (χ4v) is 4.45. The molecule has 0 aliphatic carbocycles. The lowest BCUT2D eigenvalue weighted by Gasteiger charge is -2.37. The van der Waals surface area contributed by atoms with Gasteiger partial charge < -0.3 is 25.0 Å². The number of amides is 2. The average Bonchev–Trinajstić information content (AvgIpc) is 2.66. The number of nitrogens with one attached hydrogen (secondary N) is 2. The molecule has 1 heterocycles. The molecule has 2 atom stereocenters. The number of carbonyl (C=O) groups is 1. The van der Waals surface area contributed by atoms with Crippen molar-refractivity contribution in [3.8, 4) is 5.75 Å². The Morgan fingerprint density at radius 2 is 1.90 bits per heavy atom. The van der Waals surface area contributed by atoms with Crippen LogP contribution >= 0.6 is 23.2 Å². The molecule has 10 heteroatoms. The number of rotatable bonds is 6. The molecule has 0 spiro atoms. The molecule has 1 saturated heterocycles. The summed E-state index contributed by atoms with van der Waals surface area (Å²) in [6, 6.07) is 2.38. The fraction of sp³-hybridized carbons (Fsp3) is 0.632. The van der Waals surface area contributed by atoms with Gasteiger partial charge in [0.1, 0.15) is 10.5 Å². The Labute approximate surface area is 185 Å². The van der Waals surface area contributed by atoms with E-state index in [4.69, 9.17) is 28.3 Å². The van der Waals surface area contributed by atoms with Crippen LogP contribution in [0, 0.1) is 5.92 Å². The van der Waals surface area contributed by atoms with E-state index < -0.39 is 22.2 Å². The predicted molar refractivity (Wildman–Crippen MR) is 117 cm³/mol. The molecule has 29 heavy (non-hydrogen) atoms. The third kappa shape index (κ3) is 6.54. The summed E-state index contributed by atoms with van der Waals surface area (Å²) < 4.78 is 15.5. The zero-order valence-corrected chi connectivity index (χ0v) is 19.2. The summed E-state index contributed by atoms with van der Waals surface area (Å²) in [5.41, 5.74) is 0.542. The maximum absolute atomic E-state index is 12.8. The van der Waals surface area contributed by atoms with Crippen LogP contribution in [-0.4, -0.2) is 56.7 Å². The summed E-state index contributed by atoms with van der Waals surface area (Å²) in [5, 5.41) is 22.6. The number of hydrogen-bond donors (Lipinski definition) is 4. The summed E-state index contributed by atoms with van der Waals surface area (Å²) in [4.78, 5) is 13.8. The van der Waals surface area contributed by atoms with Gasteiger partial charge >= 0.3 is 6.03 Å². The molecular weight excluding hydrogens is 437 g/mol. The topological polar surface area (TPSA) is 108 Å². The van der Waals surface area contributed by atoms with Gasteiger partial charge in [-0.1, -0.05) is 23.2 Å². The molecule has 0 saturated carbocycles. The van der Waals surface area contributed by atoms with E-state index in [-0.39, 0.29) is 35.9 Å². The van der Waals surface area contributed by atoms with Crippen molar-refractivity contribution < 1.29 is 19.6 Å². The van der Waals surface area contributed by atoms with Gasteiger partial charge in [-0.05, 0) is 45.6 Å². The second-order valence-corrected chi connectivity index (χ2v) is 10.9. The molecule has 1 fully saturated rings. The van der Waals surface area contributed by atoms with Gasteiger partial charge in [0.25, 0.3) is 0 Å². The molecule has 1 aliphatic rings. The standard InChI is InChI=1S/C19H29Cl2N3O4S/c1-19(2,3)29(28)23-17(13-10-14(20)15(21)11-16(13)26)12-4-7-24(8-5-12)18(27)22-6-9-25/h10-12,17,23,25-26H,4-9H2,1-3H3,(H,22,27)/t17?,29-/m0/s1. The lowest BCUT2D eigenvalue weighted by Crippen LogP contribution is -2.48. The lowest BCUT2D eigenvalue weighted by molar-refractivity contribution is 0.158. The minimum absolute atomic E-state index is 0.00840. The third-order valence-electron chi connectivity index (χ3n) is 4.88. The highest BCUT2D eigenvalue weighted by atomic mass is 35.5. The molecule has 0 aromatic heterocycles. The highest BCUT2D eigenvalue weighted by molar-refractivity contribution is 7.90. The van der Waals surface area contributed by atoms with Gasteiger partial charge in [-0.2, -0.15) is 0 Å². The Hall–Kier alpha value is -0.900. The van der Waals surface area contributed by atoms with Gasteiger partial charge in [-0.3, -0.25) is 0 Å². The molecule has 1 unspecified atom stereocenters. The van der Waals surface area contributed by atoms with E-state index in [0.717, 1.165) is 0 Å². The van der Waals surface area contributed by atoms with E-state index in [1.807, 2.05) is 20.8 Å². The van der Waals surface area contributed by atoms with Crippen LogP contribution < -0.4 is 10.0 Å². The van der Waals surface area contributed by atoms with Crippen molar-refractivity contribution in [1.29, 1.82) is 0 Å². The Bertz CT molecular complexity index is 709. The average molecular weight is 466 g/mol. The van der Waals surface area contributed by atoms with Crippen molar-refractivity contribution in [2.45, 2.75) is 44.4 Å². The van der Waals surface area contributed by atoms with Crippen LogP contribution in [-0.2, 0) is 11.4 Å².